The van der Waals surface area contributed by atoms with Gasteiger partial charge in [-0.3, -0.25) is 14.2 Å². The molecule has 2 amide bonds. The van der Waals surface area contributed by atoms with Gasteiger partial charge in [0.2, 0.25) is 11.8 Å². The van der Waals surface area contributed by atoms with Crippen LogP contribution in [0.5, 0.6) is 5.75 Å². The number of methoxy groups -OCH3 is 1. The van der Waals surface area contributed by atoms with Gasteiger partial charge in [0.15, 0.2) is 5.16 Å². The number of ether oxygens (including phenoxy) is 1. The number of fused-ring (bicyclic) bond motifs is 1. The van der Waals surface area contributed by atoms with E-state index in [-0.39, 0.29) is 30.0 Å². The van der Waals surface area contributed by atoms with Gasteiger partial charge in [-0.05, 0) is 31.2 Å². The molecule has 7 nitrogen and oxygen atoms in total. The van der Waals surface area contributed by atoms with E-state index in [9.17, 15) is 9.59 Å². The lowest BCUT2D eigenvalue weighted by atomic mass is 10.2. The van der Waals surface area contributed by atoms with Gasteiger partial charge in [0, 0.05) is 30.9 Å². The smallest absolute Gasteiger partial charge is 0.237 e. The van der Waals surface area contributed by atoms with Gasteiger partial charge < -0.3 is 15.0 Å². The summed E-state index contributed by atoms with van der Waals surface area (Å²) in [6, 6.07) is 14.8. The van der Waals surface area contributed by atoms with Crippen LogP contribution in [0.25, 0.3) is 5.69 Å². The maximum atomic E-state index is 13.2. The molecule has 8 heteroatoms. The van der Waals surface area contributed by atoms with Crippen LogP contribution < -0.4 is 15.0 Å². The Morgan fingerprint density at radius 1 is 1.27 bits per heavy atom. The highest BCUT2D eigenvalue weighted by atomic mass is 32.2. The van der Waals surface area contributed by atoms with Crippen LogP contribution in [0.1, 0.15) is 13.3 Å². The minimum Gasteiger partial charge on any atom is -0.497 e. The van der Waals surface area contributed by atoms with Crippen molar-refractivity contribution in [2.75, 3.05) is 23.1 Å². The number of carbonyl (C=O) groups excluding carboxylic acids is 2. The van der Waals surface area contributed by atoms with Gasteiger partial charge in [-0.25, -0.2) is 4.98 Å². The van der Waals surface area contributed by atoms with E-state index in [4.69, 9.17) is 4.74 Å². The fraction of sp³-hybridized carbons (Fsp3) is 0.227. The first kappa shape index (κ1) is 20.0. The first-order valence-corrected chi connectivity index (χ1v) is 10.6. The molecular weight excluding hydrogens is 400 g/mol. The number of aromatic nitrogens is 2. The first-order chi connectivity index (χ1) is 14.6. The number of carbonyl (C=O) groups is 2. The fourth-order valence-electron chi connectivity index (χ4n) is 3.52. The highest BCUT2D eigenvalue weighted by Crippen LogP contribution is 2.32. The van der Waals surface area contributed by atoms with Gasteiger partial charge >= 0.3 is 0 Å². The number of imidazole rings is 1. The van der Waals surface area contributed by atoms with Crippen LogP contribution in [0.3, 0.4) is 0 Å². The Bertz CT molecular complexity index is 1080. The lowest BCUT2D eigenvalue weighted by molar-refractivity contribution is -0.117. The third-order valence-electron chi connectivity index (χ3n) is 4.89. The minimum absolute atomic E-state index is 0.0726. The lowest BCUT2D eigenvalue weighted by Gasteiger charge is -2.27. The molecule has 0 bridgehead atoms. The zero-order valence-corrected chi connectivity index (χ0v) is 17.6. The molecule has 0 saturated heterocycles. The van der Waals surface area contributed by atoms with Crippen LogP contribution in [0, 0.1) is 0 Å². The average molecular weight is 423 g/mol. The van der Waals surface area contributed by atoms with Crippen LogP contribution in [-0.4, -0.2) is 40.3 Å². The number of hydrogen-bond acceptors (Lipinski definition) is 5. The maximum absolute atomic E-state index is 13.2. The summed E-state index contributed by atoms with van der Waals surface area (Å²) in [6.07, 6.45) is 3.82. The van der Waals surface area contributed by atoms with Crippen LogP contribution in [0.2, 0.25) is 0 Å². The number of hydrogen-bond donors (Lipinski definition) is 1. The van der Waals surface area contributed by atoms with Crippen molar-refractivity contribution in [2.45, 2.75) is 24.5 Å². The Morgan fingerprint density at radius 2 is 2.10 bits per heavy atom. The molecule has 2 heterocycles. The largest absolute Gasteiger partial charge is 0.497 e. The van der Waals surface area contributed by atoms with Crippen molar-refractivity contribution in [3.05, 3.63) is 60.9 Å². The van der Waals surface area contributed by atoms with Crippen molar-refractivity contribution in [2.24, 2.45) is 0 Å². The normalized spacial score (nSPS) is 15.9. The minimum atomic E-state index is -0.236. The van der Waals surface area contributed by atoms with Gasteiger partial charge in [-0.1, -0.05) is 30.0 Å². The number of nitrogens with zero attached hydrogens (tertiary/aromatic N) is 3. The summed E-state index contributed by atoms with van der Waals surface area (Å²) in [5, 5.41) is 3.59. The molecule has 1 N–H and O–H groups in total. The molecule has 0 radical (unpaired) electrons. The summed E-state index contributed by atoms with van der Waals surface area (Å²) < 4.78 is 7.22. The average Bonchev–Trinajstić information content (AvgIpc) is 3.17. The second-order valence-electron chi connectivity index (χ2n) is 6.95. The Labute approximate surface area is 179 Å². The molecule has 30 heavy (non-hydrogen) atoms. The Balaban J connectivity index is 1.55. The van der Waals surface area contributed by atoms with Gasteiger partial charge in [-0.15, -0.1) is 0 Å². The van der Waals surface area contributed by atoms with E-state index in [1.54, 1.807) is 18.2 Å². The molecule has 0 aliphatic carbocycles. The van der Waals surface area contributed by atoms with Crippen LogP contribution in [0.15, 0.2) is 66.1 Å². The van der Waals surface area contributed by atoms with Crippen LogP contribution >= 0.6 is 11.8 Å². The van der Waals surface area contributed by atoms with E-state index in [0.29, 0.717) is 10.8 Å². The number of rotatable bonds is 5. The van der Waals surface area contributed by atoms with Crippen molar-refractivity contribution >= 4 is 35.0 Å². The topological polar surface area (TPSA) is 76.5 Å². The number of anilines is 2. The van der Waals surface area contributed by atoms with Gasteiger partial charge in [0.1, 0.15) is 5.75 Å². The molecule has 154 valence electrons. The molecule has 1 aromatic heterocycles. The lowest BCUT2D eigenvalue weighted by Crippen LogP contribution is -2.40. The molecule has 1 aliphatic heterocycles. The number of nitrogens with one attached hydrogen (secondary N) is 1. The van der Waals surface area contributed by atoms with E-state index in [2.05, 4.69) is 10.3 Å². The van der Waals surface area contributed by atoms with Crippen molar-refractivity contribution in [1.82, 2.24) is 9.55 Å². The van der Waals surface area contributed by atoms with Crippen LogP contribution in [0.4, 0.5) is 11.4 Å². The van der Waals surface area contributed by atoms with Crippen molar-refractivity contribution in [3.8, 4) is 11.4 Å². The quantitative estimate of drug-likeness (QED) is 0.634. The molecule has 4 rings (SSSR count). The van der Waals surface area contributed by atoms with Gasteiger partial charge in [0.25, 0.3) is 0 Å². The Hall–Kier alpha value is -3.26. The molecule has 1 aliphatic rings. The zero-order chi connectivity index (χ0) is 21.1. The van der Waals surface area contributed by atoms with E-state index in [1.807, 2.05) is 66.2 Å². The summed E-state index contributed by atoms with van der Waals surface area (Å²) in [7, 11) is 1.63. The second kappa shape index (κ2) is 8.62. The van der Waals surface area contributed by atoms with Crippen LogP contribution in [-0.2, 0) is 9.59 Å². The molecule has 3 aromatic rings. The standard InChI is InChI=1S/C22H22N4O3S/c1-15-12-20(27)24-18-8-3-4-9-19(18)26(15)21(28)14-30-22-23-10-11-25(22)16-6-5-7-17(13-16)29-2/h3-11,13,15H,12,14H2,1-2H3,(H,24,27)/t15-/m0/s1. The highest BCUT2D eigenvalue weighted by molar-refractivity contribution is 7.99. The monoisotopic (exact) mass is 422 g/mol. The molecule has 0 unspecified atom stereocenters. The van der Waals surface area contributed by atoms with Gasteiger partial charge in [0.05, 0.1) is 29.9 Å². The number of amides is 2. The van der Waals surface area contributed by atoms with Gasteiger partial charge in [-0.2, -0.15) is 0 Å². The van der Waals surface area contributed by atoms with Crippen molar-refractivity contribution in [1.29, 1.82) is 0 Å². The number of para-hydroxylation sites is 2. The summed E-state index contributed by atoms with van der Waals surface area (Å²) in [5.41, 5.74) is 2.28. The summed E-state index contributed by atoms with van der Waals surface area (Å²) in [5.74, 6) is 0.789. The third kappa shape index (κ3) is 4.04. The SMILES string of the molecule is COc1cccc(-n2ccnc2SCC(=O)N2c3ccccc3NC(=O)C[C@@H]2C)c1. The third-order valence-corrected chi connectivity index (χ3v) is 5.84. The first-order valence-electron chi connectivity index (χ1n) is 9.58. The zero-order valence-electron chi connectivity index (χ0n) is 16.7. The Morgan fingerprint density at radius 3 is 2.93 bits per heavy atom. The molecule has 2 aromatic carbocycles. The molecule has 0 saturated carbocycles. The van der Waals surface area contributed by atoms with E-state index in [0.717, 1.165) is 17.1 Å². The predicted molar refractivity (Wildman–Crippen MR) is 117 cm³/mol. The summed E-state index contributed by atoms with van der Waals surface area (Å²) >= 11 is 1.36. The fourth-order valence-corrected chi connectivity index (χ4v) is 4.35. The predicted octanol–water partition coefficient (Wildman–Crippen LogP) is 3.74. The molecule has 0 fully saturated rings. The van der Waals surface area contributed by atoms with Crippen molar-refractivity contribution < 1.29 is 14.3 Å². The second-order valence-corrected chi connectivity index (χ2v) is 7.89. The van der Waals surface area contributed by atoms with Crippen molar-refractivity contribution in [3.63, 3.8) is 0 Å². The highest BCUT2D eigenvalue weighted by Gasteiger charge is 2.29. The summed E-state index contributed by atoms with van der Waals surface area (Å²) in [6.45, 7) is 1.89. The van der Waals surface area contributed by atoms with E-state index < -0.39 is 0 Å². The molecular formula is C22H22N4O3S. The Kier molecular flexibility index (Phi) is 5.76. The maximum Gasteiger partial charge on any atom is 0.237 e. The van der Waals surface area contributed by atoms with E-state index in [1.165, 1.54) is 11.8 Å². The molecule has 0 spiro atoms. The number of thioether (sulfide) groups is 1. The van der Waals surface area contributed by atoms with E-state index >= 15 is 0 Å². The summed E-state index contributed by atoms with van der Waals surface area (Å²) in [4.78, 5) is 31.4. The number of benzene rings is 2. The molecule has 1 atom stereocenters.